The van der Waals surface area contributed by atoms with E-state index in [9.17, 15) is 4.79 Å². The van der Waals surface area contributed by atoms with Gasteiger partial charge >= 0.3 is 6.03 Å². The van der Waals surface area contributed by atoms with E-state index in [1.54, 1.807) is 30.5 Å². The Bertz CT molecular complexity index is 727. The number of urea groups is 1. The Kier molecular flexibility index (Phi) is 4.92. The molecule has 6 heteroatoms. The van der Waals surface area contributed by atoms with Gasteiger partial charge in [0.2, 0.25) is 0 Å². The molecule has 2 N–H and O–H groups in total. The molecule has 6 nitrogen and oxygen atoms in total. The lowest BCUT2D eigenvalue weighted by molar-refractivity contribution is 0.251. The van der Waals surface area contributed by atoms with Gasteiger partial charge in [-0.1, -0.05) is 6.07 Å². The lowest BCUT2D eigenvalue weighted by Gasteiger charge is -2.16. The minimum Gasteiger partial charge on any atom is -0.357 e. The molecule has 2 aromatic rings. The monoisotopic (exact) mass is 321 g/mol. The number of rotatable bonds is 4. The molecule has 1 aliphatic rings. The van der Waals surface area contributed by atoms with Crippen LogP contribution in [0.3, 0.4) is 0 Å². The normalized spacial score (nSPS) is 13.4. The second kappa shape index (κ2) is 7.47. The third kappa shape index (κ3) is 4.02. The summed E-state index contributed by atoms with van der Waals surface area (Å²) in [5, 5.41) is 14.3. The molecule has 2 heterocycles. The van der Waals surface area contributed by atoms with Gasteiger partial charge in [0.25, 0.3) is 0 Å². The number of nitrogens with zero attached hydrogens (tertiary/aromatic N) is 3. The summed E-state index contributed by atoms with van der Waals surface area (Å²) in [6.45, 7) is 2.55. The van der Waals surface area contributed by atoms with Crippen LogP contribution in [0.15, 0.2) is 42.6 Å². The fraction of sp³-hybridized carbons (Fsp3) is 0.278. The molecule has 3 rings (SSSR count). The molecule has 0 bridgehead atoms. The average molecular weight is 321 g/mol. The zero-order valence-corrected chi connectivity index (χ0v) is 13.3. The highest BCUT2D eigenvalue weighted by Gasteiger charge is 2.13. The second-order valence-electron chi connectivity index (χ2n) is 5.72. The Morgan fingerprint density at radius 2 is 1.92 bits per heavy atom. The molecule has 1 saturated heterocycles. The Morgan fingerprint density at radius 3 is 2.54 bits per heavy atom. The highest BCUT2D eigenvalue weighted by Crippen LogP contribution is 2.17. The van der Waals surface area contributed by atoms with Crippen molar-refractivity contribution in [1.29, 1.82) is 5.26 Å². The minimum absolute atomic E-state index is 0.289. The van der Waals surface area contributed by atoms with E-state index in [0.717, 1.165) is 24.5 Å². The van der Waals surface area contributed by atoms with Gasteiger partial charge in [0, 0.05) is 31.5 Å². The van der Waals surface area contributed by atoms with E-state index in [2.05, 4.69) is 20.5 Å². The Labute approximate surface area is 141 Å². The molecule has 122 valence electrons. The third-order valence-electron chi connectivity index (χ3n) is 3.96. The van der Waals surface area contributed by atoms with E-state index in [-0.39, 0.29) is 6.03 Å². The summed E-state index contributed by atoms with van der Waals surface area (Å²) in [4.78, 5) is 18.6. The summed E-state index contributed by atoms with van der Waals surface area (Å²) in [7, 11) is 0. The molecule has 0 unspecified atom stereocenters. The Balaban J connectivity index is 1.49. The fourth-order valence-electron chi connectivity index (χ4n) is 2.64. The number of nitrogens with one attached hydrogen (secondary N) is 2. The van der Waals surface area contributed by atoms with Gasteiger partial charge in [0.05, 0.1) is 11.6 Å². The van der Waals surface area contributed by atoms with Crippen LogP contribution < -0.4 is 15.5 Å². The number of hydrogen-bond donors (Lipinski definition) is 2. The lowest BCUT2D eigenvalue weighted by Crippen LogP contribution is -2.28. The van der Waals surface area contributed by atoms with Crippen LogP contribution in [0.2, 0.25) is 0 Å². The number of benzene rings is 1. The largest absolute Gasteiger partial charge is 0.357 e. The number of amides is 2. The van der Waals surface area contributed by atoms with Crippen LogP contribution in [0.1, 0.15) is 24.0 Å². The van der Waals surface area contributed by atoms with Crippen LogP contribution in [0.4, 0.5) is 16.3 Å². The predicted octanol–water partition coefficient (Wildman–Crippen LogP) is 2.88. The quantitative estimate of drug-likeness (QED) is 0.907. The first kappa shape index (κ1) is 15.8. The topological polar surface area (TPSA) is 81.0 Å². The van der Waals surface area contributed by atoms with Gasteiger partial charge in [-0.15, -0.1) is 0 Å². The molecular formula is C18H19N5O. The van der Waals surface area contributed by atoms with Crippen molar-refractivity contribution in [3.8, 4) is 6.07 Å². The van der Waals surface area contributed by atoms with Crippen molar-refractivity contribution < 1.29 is 4.79 Å². The van der Waals surface area contributed by atoms with Crippen LogP contribution in [0, 0.1) is 11.3 Å². The molecule has 1 aliphatic heterocycles. The Morgan fingerprint density at radius 1 is 1.17 bits per heavy atom. The molecule has 2 amide bonds. The number of aromatic nitrogens is 1. The molecule has 1 aromatic carbocycles. The van der Waals surface area contributed by atoms with Gasteiger partial charge in [-0.2, -0.15) is 5.26 Å². The van der Waals surface area contributed by atoms with Crippen molar-refractivity contribution in [2.75, 3.05) is 23.3 Å². The number of carbonyl (C=O) groups excluding carboxylic acids is 1. The van der Waals surface area contributed by atoms with Crippen LogP contribution >= 0.6 is 0 Å². The first-order valence-corrected chi connectivity index (χ1v) is 7.99. The molecule has 0 saturated carbocycles. The van der Waals surface area contributed by atoms with Gasteiger partial charge in [-0.05, 0) is 48.7 Å². The molecule has 0 radical (unpaired) electrons. The number of hydrogen-bond acceptors (Lipinski definition) is 4. The van der Waals surface area contributed by atoms with E-state index in [1.165, 1.54) is 12.8 Å². The van der Waals surface area contributed by atoms with Crippen LogP contribution in [-0.2, 0) is 6.54 Å². The van der Waals surface area contributed by atoms with Gasteiger partial charge in [0.15, 0.2) is 0 Å². The third-order valence-corrected chi connectivity index (χ3v) is 3.96. The first-order valence-electron chi connectivity index (χ1n) is 7.99. The highest BCUT2D eigenvalue weighted by molar-refractivity contribution is 5.89. The molecule has 1 fully saturated rings. The summed E-state index contributed by atoms with van der Waals surface area (Å²) in [6, 6.07) is 12.5. The maximum Gasteiger partial charge on any atom is 0.319 e. The molecule has 0 aliphatic carbocycles. The summed E-state index contributed by atoms with van der Waals surface area (Å²) in [6.07, 6.45) is 4.25. The first-order chi connectivity index (χ1) is 11.7. The number of carbonyl (C=O) groups is 1. The van der Waals surface area contributed by atoms with E-state index in [1.807, 2.05) is 18.2 Å². The van der Waals surface area contributed by atoms with E-state index in [4.69, 9.17) is 5.26 Å². The molecule has 0 atom stereocenters. The maximum atomic E-state index is 11.9. The predicted molar refractivity (Wildman–Crippen MR) is 92.7 cm³/mol. The van der Waals surface area contributed by atoms with Gasteiger partial charge in [-0.25, -0.2) is 9.78 Å². The van der Waals surface area contributed by atoms with Crippen molar-refractivity contribution in [1.82, 2.24) is 10.3 Å². The van der Waals surface area contributed by atoms with Crippen molar-refractivity contribution >= 4 is 17.5 Å². The summed E-state index contributed by atoms with van der Waals surface area (Å²) < 4.78 is 0. The van der Waals surface area contributed by atoms with E-state index >= 15 is 0 Å². The maximum absolute atomic E-state index is 11.9. The van der Waals surface area contributed by atoms with Crippen molar-refractivity contribution in [3.05, 3.63) is 53.7 Å². The Hall–Kier alpha value is -3.07. The van der Waals surface area contributed by atoms with Crippen LogP contribution in [0.5, 0.6) is 0 Å². The molecule has 1 aromatic heterocycles. The fourth-order valence-corrected chi connectivity index (χ4v) is 2.64. The van der Waals surface area contributed by atoms with Gasteiger partial charge < -0.3 is 15.5 Å². The molecule has 24 heavy (non-hydrogen) atoms. The molecular weight excluding hydrogens is 302 g/mol. The van der Waals surface area contributed by atoms with Crippen LogP contribution in [0.25, 0.3) is 0 Å². The zero-order chi connectivity index (χ0) is 16.8. The van der Waals surface area contributed by atoms with Gasteiger partial charge in [-0.3, -0.25) is 0 Å². The second-order valence-corrected chi connectivity index (χ2v) is 5.72. The number of pyridine rings is 1. The summed E-state index contributed by atoms with van der Waals surface area (Å²) in [5.41, 5.74) is 2.16. The minimum atomic E-state index is -0.289. The highest BCUT2D eigenvalue weighted by atomic mass is 16.2. The molecule has 0 spiro atoms. The van der Waals surface area contributed by atoms with Crippen LogP contribution in [-0.4, -0.2) is 24.1 Å². The van der Waals surface area contributed by atoms with Crippen molar-refractivity contribution in [2.24, 2.45) is 0 Å². The summed E-state index contributed by atoms with van der Waals surface area (Å²) >= 11 is 0. The smallest absolute Gasteiger partial charge is 0.319 e. The van der Waals surface area contributed by atoms with E-state index < -0.39 is 0 Å². The SMILES string of the molecule is N#Cc1ccc(NC(=O)NCc2ccc(N3CCCC3)nc2)cc1. The van der Waals surface area contributed by atoms with E-state index in [0.29, 0.717) is 17.8 Å². The van der Waals surface area contributed by atoms with Crippen molar-refractivity contribution in [2.45, 2.75) is 19.4 Å². The number of anilines is 2. The zero-order valence-electron chi connectivity index (χ0n) is 13.3. The van der Waals surface area contributed by atoms with Gasteiger partial charge in [0.1, 0.15) is 5.82 Å². The number of nitriles is 1. The lowest BCUT2D eigenvalue weighted by atomic mass is 10.2. The van der Waals surface area contributed by atoms with Crippen molar-refractivity contribution in [3.63, 3.8) is 0 Å². The standard InChI is InChI=1S/C18H19N5O/c19-11-14-3-6-16(7-4-14)22-18(24)21-13-15-5-8-17(20-12-15)23-9-1-2-10-23/h3-8,12H,1-2,9-10,13H2,(H2,21,22,24). The average Bonchev–Trinajstić information content (AvgIpc) is 3.16. The summed E-state index contributed by atoms with van der Waals surface area (Å²) in [5.74, 6) is 0.998.